The van der Waals surface area contributed by atoms with Crippen LogP contribution in [0.5, 0.6) is 5.75 Å². The highest BCUT2D eigenvalue weighted by Crippen LogP contribution is 2.29. The molecule has 2 atom stereocenters. The summed E-state index contributed by atoms with van der Waals surface area (Å²) in [6.45, 7) is 3.51. The lowest BCUT2D eigenvalue weighted by molar-refractivity contribution is -0.274. The molecule has 1 aromatic rings. The minimum Gasteiger partial charge on any atom is -0.405 e. The zero-order chi connectivity index (χ0) is 15.3. The van der Waals surface area contributed by atoms with Gasteiger partial charge in [-0.25, -0.2) is 0 Å². The van der Waals surface area contributed by atoms with Gasteiger partial charge in [0.25, 0.3) is 0 Å². The summed E-state index contributed by atoms with van der Waals surface area (Å²) in [5.41, 5.74) is 0.540. The highest BCUT2D eigenvalue weighted by atomic mass is 19.4. The normalized spacial score (nSPS) is 23.0. The number of ether oxygens (including phenoxy) is 1. The largest absolute Gasteiger partial charge is 0.573 e. The first kappa shape index (κ1) is 16.1. The van der Waals surface area contributed by atoms with Gasteiger partial charge in [0, 0.05) is 12.1 Å². The van der Waals surface area contributed by atoms with Gasteiger partial charge < -0.3 is 10.1 Å². The minimum absolute atomic E-state index is 0.116. The molecule has 0 amide bonds. The highest BCUT2D eigenvalue weighted by Gasteiger charge is 2.31. The van der Waals surface area contributed by atoms with Crippen molar-refractivity contribution < 1.29 is 17.9 Å². The fourth-order valence-electron chi connectivity index (χ4n) is 3.03. The molecule has 118 valence electrons. The van der Waals surface area contributed by atoms with Gasteiger partial charge in [-0.15, -0.1) is 13.2 Å². The van der Waals surface area contributed by atoms with E-state index in [9.17, 15) is 13.2 Å². The van der Waals surface area contributed by atoms with Gasteiger partial charge in [0.1, 0.15) is 5.75 Å². The molecule has 2 nitrogen and oxygen atoms in total. The molecular formula is C16H22F3NO. The van der Waals surface area contributed by atoms with Gasteiger partial charge in [0.2, 0.25) is 0 Å². The third kappa shape index (κ3) is 5.58. The van der Waals surface area contributed by atoms with E-state index < -0.39 is 6.36 Å². The summed E-state index contributed by atoms with van der Waals surface area (Å²) in [6, 6.07) is 6.29. The van der Waals surface area contributed by atoms with Crippen LogP contribution < -0.4 is 10.1 Å². The number of alkyl halides is 3. The third-order valence-electron chi connectivity index (χ3n) is 3.99. The lowest BCUT2D eigenvalue weighted by Gasteiger charge is -2.27. The summed E-state index contributed by atoms with van der Waals surface area (Å²) in [5, 5.41) is 3.27. The Balaban J connectivity index is 1.85. The zero-order valence-electron chi connectivity index (χ0n) is 12.2. The molecule has 1 fully saturated rings. The summed E-state index contributed by atoms with van der Waals surface area (Å²) in [6.07, 6.45) is 0.306. The van der Waals surface area contributed by atoms with Crippen LogP contribution >= 0.6 is 0 Å². The molecule has 1 aliphatic rings. The summed E-state index contributed by atoms with van der Waals surface area (Å²) in [4.78, 5) is 0. The van der Waals surface area contributed by atoms with Crippen molar-refractivity contribution in [1.82, 2.24) is 5.32 Å². The van der Waals surface area contributed by atoms with Crippen LogP contribution in [-0.2, 0) is 6.54 Å². The molecule has 1 aliphatic carbocycles. The standard InChI is InChI=1S/C16H22F3NO/c1-12-5-4-6-13(9-12)10-20-11-14-7-2-3-8-15(14)21-16(17,18)19/h2-3,7-8,12-13,20H,4-6,9-11H2,1H3. The Morgan fingerprint density at radius 1 is 1.24 bits per heavy atom. The molecule has 0 aliphatic heterocycles. The minimum atomic E-state index is -4.64. The van der Waals surface area contributed by atoms with Gasteiger partial charge in [-0.1, -0.05) is 38.0 Å². The number of rotatable bonds is 5. The topological polar surface area (TPSA) is 21.3 Å². The van der Waals surface area contributed by atoms with Crippen molar-refractivity contribution in [3.63, 3.8) is 0 Å². The van der Waals surface area contributed by atoms with Gasteiger partial charge in [-0.3, -0.25) is 0 Å². The van der Waals surface area contributed by atoms with Crippen molar-refractivity contribution in [2.75, 3.05) is 6.54 Å². The second kappa shape index (κ2) is 7.16. The Morgan fingerprint density at radius 3 is 2.71 bits per heavy atom. The van der Waals surface area contributed by atoms with Gasteiger partial charge in [0.15, 0.2) is 0 Å². The summed E-state index contributed by atoms with van der Waals surface area (Å²) in [7, 11) is 0. The van der Waals surface area contributed by atoms with E-state index in [0.29, 0.717) is 18.0 Å². The van der Waals surface area contributed by atoms with Crippen LogP contribution in [0.4, 0.5) is 13.2 Å². The molecule has 1 saturated carbocycles. The average Bonchev–Trinajstić information content (AvgIpc) is 2.39. The van der Waals surface area contributed by atoms with E-state index in [-0.39, 0.29) is 5.75 Å². The molecular weight excluding hydrogens is 279 g/mol. The van der Waals surface area contributed by atoms with Crippen molar-refractivity contribution in [3.05, 3.63) is 29.8 Å². The Hall–Kier alpha value is -1.23. The molecule has 2 unspecified atom stereocenters. The average molecular weight is 301 g/mol. The van der Waals surface area contributed by atoms with E-state index in [0.717, 1.165) is 12.5 Å². The molecule has 2 rings (SSSR count). The number of para-hydroxylation sites is 1. The van der Waals surface area contributed by atoms with Gasteiger partial charge in [0.05, 0.1) is 0 Å². The Morgan fingerprint density at radius 2 is 2.00 bits per heavy atom. The molecule has 1 aromatic carbocycles. The molecule has 0 saturated heterocycles. The highest BCUT2D eigenvalue weighted by molar-refractivity contribution is 5.33. The summed E-state index contributed by atoms with van der Waals surface area (Å²) in [5.74, 6) is 1.27. The predicted octanol–water partition coefficient (Wildman–Crippen LogP) is 4.50. The van der Waals surface area contributed by atoms with E-state index in [4.69, 9.17) is 0 Å². The maximum Gasteiger partial charge on any atom is 0.573 e. The second-order valence-electron chi connectivity index (χ2n) is 5.92. The quantitative estimate of drug-likeness (QED) is 0.864. The Labute approximate surface area is 123 Å². The number of hydrogen-bond acceptors (Lipinski definition) is 2. The zero-order valence-corrected chi connectivity index (χ0v) is 12.2. The lowest BCUT2D eigenvalue weighted by Crippen LogP contribution is -2.27. The van der Waals surface area contributed by atoms with E-state index >= 15 is 0 Å². The molecule has 0 bridgehead atoms. The van der Waals surface area contributed by atoms with Crippen LogP contribution in [0.3, 0.4) is 0 Å². The first-order chi connectivity index (χ1) is 9.94. The Kier molecular flexibility index (Phi) is 5.51. The smallest absolute Gasteiger partial charge is 0.405 e. The molecule has 5 heteroatoms. The van der Waals surface area contributed by atoms with Crippen molar-refractivity contribution in [2.45, 2.75) is 45.5 Å². The van der Waals surface area contributed by atoms with Crippen LogP contribution in [-0.4, -0.2) is 12.9 Å². The number of hydrogen-bond donors (Lipinski definition) is 1. The molecule has 0 radical (unpaired) electrons. The fraction of sp³-hybridized carbons (Fsp3) is 0.625. The van der Waals surface area contributed by atoms with Crippen molar-refractivity contribution in [1.29, 1.82) is 0 Å². The van der Waals surface area contributed by atoms with Crippen molar-refractivity contribution in [3.8, 4) is 5.75 Å². The lowest BCUT2D eigenvalue weighted by atomic mass is 9.82. The third-order valence-corrected chi connectivity index (χ3v) is 3.99. The molecule has 1 N–H and O–H groups in total. The number of halogens is 3. The summed E-state index contributed by atoms with van der Waals surface area (Å²) < 4.78 is 41.1. The van der Waals surface area contributed by atoms with Crippen LogP contribution in [0.1, 0.15) is 38.2 Å². The van der Waals surface area contributed by atoms with E-state index in [1.807, 2.05) is 0 Å². The maximum atomic E-state index is 12.3. The SMILES string of the molecule is CC1CCCC(CNCc2ccccc2OC(F)(F)F)C1. The molecule has 0 spiro atoms. The van der Waals surface area contributed by atoms with Crippen LogP contribution in [0.15, 0.2) is 24.3 Å². The number of benzene rings is 1. The predicted molar refractivity (Wildman–Crippen MR) is 76.0 cm³/mol. The first-order valence-corrected chi connectivity index (χ1v) is 7.48. The fourth-order valence-corrected chi connectivity index (χ4v) is 3.03. The van der Waals surface area contributed by atoms with Gasteiger partial charge in [-0.05, 0) is 37.3 Å². The van der Waals surface area contributed by atoms with E-state index in [1.165, 1.54) is 31.7 Å². The van der Waals surface area contributed by atoms with Gasteiger partial charge in [-0.2, -0.15) is 0 Å². The molecule has 0 aromatic heterocycles. The van der Waals surface area contributed by atoms with E-state index in [2.05, 4.69) is 17.0 Å². The second-order valence-corrected chi connectivity index (χ2v) is 5.92. The van der Waals surface area contributed by atoms with E-state index in [1.54, 1.807) is 18.2 Å². The van der Waals surface area contributed by atoms with Crippen molar-refractivity contribution >= 4 is 0 Å². The van der Waals surface area contributed by atoms with Crippen LogP contribution in [0, 0.1) is 11.8 Å². The summed E-state index contributed by atoms with van der Waals surface area (Å²) >= 11 is 0. The van der Waals surface area contributed by atoms with Gasteiger partial charge >= 0.3 is 6.36 Å². The van der Waals surface area contributed by atoms with Crippen molar-refractivity contribution in [2.24, 2.45) is 11.8 Å². The monoisotopic (exact) mass is 301 g/mol. The number of nitrogens with one attached hydrogen (secondary N) is 1. The molecule has 0 heterocycles. The Bertz CT molecular complexity index is 447. The van der Waals surface area contributed by atoms with Crippen LogP contribution in [0.25, 0.3) is 0 Å². The molecule has 21 heavy (non-hydrogen) atoms. The first-order valence-electron chi connectivity index (χ1n) is 7.48. The van der Waals surface area contributed by atoms with Crippen LogP contribution in [0.2, 0.25) is 0 Å². The maximum absolute atomic E-state index is 12.3.